The third-order valence-corrected chi connectivity index (χ3v) is 8.51. The molecule has 4 N–H and O–H groups in total. The van der Waals surface area contributed by atoms with Gasteiger partial charge in [-0.05, 0) is 61.2 Å². The first kappa shape index (κ1) is 31.0. The van der Waals surface area contributed by atoms with Crippen molar-refractivity contribution in [3.8, 4) is 22.8 Å². The number of carbonyl (C=O) groups is 1. The first-order valence-corrected chi connectivity index (χ1v) is 14.3. The zero-order valence-electron chi connectivity index (χ0n) is 24.8. The van der Waals surface area contributed by atoms with Crippen LogP contribution in [0.3, 0.4) is 0 Å². The van der Waals surface area contributed by atoms with Crippen LogP contribution in [0, 0.1) is 11.7 Å². The van der Waals surface area contributed by atoms with E-state index < -0.39 is 41.6 Å². The number of halogens is 4. The number of methoxy groups -OCH3 is 1. The molecule has 6 rings (SSSR count). The minimum absolute atomic E-state index is 0.00379. The van der Waals surface area contributed by atoms with Crippen LogP contribution in [-0.2, 0) is 11.1 Å². The van der Waals surface area contributed by atoms with Crippen LogP contribution in [0.4, 0.5) is 23.2 Å². The molecule has 0 bridgehead atoms. The van der Waals surface area contributed by atoms with E-state index in [0.717, 1.165) is 23.0 Å². The Bertz CT molecular complexity index is 1810. The van der Waals surface area contributed by atoms with Crippen LogP contribution in [0.5, 0.6) is 11.5 Å². The molecule has 1 fully saturated rings. The van der Waals surface area contributed by atoms with Crippen LogP contribution < -0.4 is 20.5 Å². The summed E-state index contributed by atoms with van der Waals surface area (Å²) in [6.45, 7) is -1.19. The number of pyridine rings is 1. The number of nitrogens with one attached hydrogen (secondary N) is 1. The number of aromatic nitrogens is 3. The van der Waals surface area contributed by atoms with E-state index in [1.807, 2.05) is 0 Å². The lowest BCUT2D eigenvalue weighted by Crippen LogP contribution is -2.50. The number of anilines is 1. The zero-order chi connectivity index (χ0) is 32.9. The Balaban J connectivity index is 1.46. The molecule has 1 amide bonds. The molecule has 0 radical (unpaired) electrons. The Hall–Kier alpha value is -4.98. The second-order valence-corrected chi connectivity index (χ2v) is 11.3. The number of aliphatic imine (C=N–C) groups is 1. The highest BCUT2D eigenvalue weighted by molar-refractivity contribution is 5.99. The molecule has 2 aliphatic rings. The fraction of sp³-hybridized carbons (Fsp3) is 0.312. The van der Waals surface area contributed by atoms with E-state index in [1.54, 1.807) is 7.05 Å². The molecule has 46 heavy (non-hydrogen) atoms. The van der Waals surface area contributed by atoms with Crippen molar-refractivity contribution in [2.75, 3.05) is 33.0 Å². The van der Waals surface area contributed by atoms with Crippen LogP contribution in [-0.4, -0.2) is 65.2 Å². The summed E-state index contributed by atoms with van der Waals surface area (Å²) in [6.07, 6.45) is 1.17. The molecule has 2 aromatic carbocycles. The summed E-state index contributed by atoms with van der Waals surface area (Å²) in [5.41, 5.74) is 2.31. The molecule has 240 valence electrons. The Labute approximate surface area is 260 Å². The van der Waals surface area contributed by atoms with Crippen LogP contribution in [0.15, 0.2) is 66.2 Å². The minimum atomic E-state index is -4.86. The standard InChI is InChI=1S/C32H30F4N6O4/c1-38-14-20-11-19(12-24(45-2)26(20)37)29(43)40-15-30(44,21-5-6-21)25-13-23-28(27(41-25)18-3-7-22(33)8-4-18)46-16-31(23,32(34,35)36)42-10-9-39-17-42/h3-4,7-14,17,21,44H,5-6,15-16,37H2,1-2H3,(H,40,43)/t30-,31+/m1/s1. The van der Waals surface area contributed by atoms with Crippen molar-refractivity contribution in [1.82, 2.24) is 19.9 Å². The van der Waals surface area contributed by atoms with Crippen molar-refractivity contribution in [2.45, 2.75) is 30.2 Å². The average molecular weight is 639 g/mol. The van der Waals surface area contributed by atoms with Crippen molar-refractivity contribution >= 4 is 17.8 Å². The van der Waals surface area contributed by atoms with Gasteiger partial charge in [0.05, 0.1) is 31.4 Å². The number of alkyl halides is 3. The Morgan fingerprint density at radius 2 is 2.00 bits per heavy atom. The number of fused-ring (bicyclic) bond motifs is 1. The molecule has 0 unspecified atom stereocenters. The lowest BCUT2D eigenvalue weighted by molar-refractivity contribution is -0.202. The number of hydrogen-bond acceptors (Lipinski definition) is 8. The van der Waals surface area contributed by atoms with E-state index in [2.05, 4.69) is 20.3 Å². The van der Waals surface area contributed by atoms with Crippen molar-refractivity contribution < 1.29 is 36.9 Å². The van der Waals surface area contributed by atoms with E-state index >= 15 is 13.2 Å². The molecule has 0 saturated heterocycles. The van der Waals surface area contributed by atoms with E-state index in [0.29, 0.717) is 18.4 Å². The summed E-state index contributed by atoms with van der Waals surface area (Å²) in [7, 11) is 2.95. The number of aliphatic hydroxyl groups is 1. The highest BCUT2D eigenvalue weighted by Gasteiger charge is 2.63. The number of carbonyl (C=O) groups excluding carboxylic acids is 1. The topological polar surface area (TPSA) is 137 Å². The summed E-state index contributed by atoms with van der Waals surface area (Å²) in [4.78, 5) is 25.8. The van der Waals surface area contributed by atoms with E-state index in [1.165, 1.54) is 56.0 Å². The van der Waals surface area contributed by atoms with Gasteiger partial charge in [-0.1, -0.05) is 0 Å². The van der Waals surface area contributed by atoms with Crippen molar-refractivity contribution in [3.63, 3.8) is 0 Å². The van der Waals surface area contributed by atoms with E-state index in [9.17, 15) is 14.3 Å². The van der Waals surface area contributed by atoms with Gasteiger partial charge in [0.15, 0.2) is 5.75 Å². The van der Waals surface area contributed by atoms with Gasteiger partial charge in [-0.25, -0.2) is 14.4 Å². The van der Waals surface area contributed by atoms with Gasteiger partial charge in [0, 0.05) is 47.9 Å². The molecular formula is C32H30F4N6O4. The maximum Gasteiger partial charge on any atom is 0.419 e. The van der Waals surface area contributed by atoms with E-state index in [-0.39, 0.29) is 51.8 Å². The molecule has 1 aliphatic carbocycles. The highest BCUT2D eigenvalue weighted by atomic mass is 19.4. The van der Waals surface area contributed by atoms with Crippen LogP contribution in [0.2, 0.25) is 0 Å². The average Bonchev–Trinajstić information content (AvgIpc) is 3.60. The predicted octanol–water partition coefficient (Wildman–Crippen LogP) is 4.45. The van der Waals surface area contributed by atoms with Gasteiger partial charge in [-0.3, -0.25) is 9.79 Å². The van der Waals surface area contributed by atoms with Gasteiger partial charge >= 0.3 is 6.18 Å². The third-order valence-electron chi connectivity index (χ3n) is 8.51. The number of nitrogens with two attached hydrogens (primary N) is 1. The molecule has 0 spiro atoms. The number of amides is 1. The summed E-state index contributed by atoms with van der Waals surface area (Å²) < 4.78 is 71.2. The van der Waals surface area contributed by atoms with Crippen molar-refractivity contribution in [1.29, 1.82) is 0 Å². The monoisotopic (exact) mass is 638 g/mol. The molecular weight excluding hydrogens is 608 g/mol. The van der Waals surface area contributed by atoms with Crippen LogP contribution >= 0.6 is 0 Å². The molecule has 14 heteroatoms. The smallest absolute Gasteiger partial charge is 0.419 e. The maximum atomic E-state index is 15.1. The summed E-state index contributed by atoms with van der Waals surface area (Å²) in [5, 5.41) is 14.9. The first-order valence-electron chi connectivity index (χ1n) is 14.3. The van der Waals surface area contributed by atoms with Gasteiger partial charge in [-0.15, -0.1) is 0 Å². The zero-order valence-corrected chi connectivity index (χ0v) is 24.8. The SMILES string of the molecule is CN=Cc1cc(C(=O)NC[C@](O)(c2cc3c(c(-c4ccc(F)cc4)n2)OC[C@@]3(n2ccnc2)C(F)(F)F)C2CC2)cc(OC)c1N. The van der Waals surface area contributed by atoms with E-state index in [4.69, 9.17) is 15.2 Å². The third kappa shape index (κ3) is 5.11. The number of benzene rings is 2. The summed E-state index contributed by atoms with van der Waals surface area (Å²) >= 11 is 0. The number of imidazole rings is 1. The molecule has 2 aromatic heterocycles. The Morgan fingerprint density at radius 1 is 1.26 bits per heavy atom. The quantitative estimate of drug-likeness (QED) is 0.140. The minimum Gasteiger partial charge on any atom is -0.495 e. The summed E-state index contributed by atoms with van der Waals surface area (Å²) in [5.74, 6) is -1.46. The van der Waals surface area contributed by atoms with Gasteiger partial charge in [0.25, 0.3) is 5.91 Å². The van der Waals surface area contributed by atoms with Gasteiger partial charge in [0.1, 0.15) is 29.5 Å². The maximum absolute atomic E-state index is 15.1. The molecule has 3 heterocycles. The highest BCUT2D eigenvalue weighted by Crippen LogP contribution is 2.54. The van der Waals surface area contributed by atoms with Crippen molar-refractivity contribution in [3.05, 3.63) is 89.4 Å². The molecule has 10 nitrogen and oxygen atoms in total. The lowest BCUT2D eigenvalue weighted by Gasteiger charge is -2.33. The summed E-state index contributed by atoms with van der Waals surface area (Å²) in [6, 6.07) is 9.20. The lowest BCUT2D eigenvalue weighted by atomic mass is 9.85. The Morgan fingerprint density at radius 3 is 2.61 bits per heavy atom. The van der Waals surface area contributed by atoms with Crippen molar-refractivity contribution in [2.24, 2.45) is 10.9 Å². The van der Waals surface area contributed by atoms with Gasteiger partial charge in [0.2, 0.25) is 5.54 Å². The van der Waals surface area contributed by atoms with Crippen LogP contribution in [0.1, 0.15) is 40.0 Å². The number of nitrogen functional groups attached to an aromatic ring is 1. The molecule has 4 aromatic rings. The number of hydrogen-bond donors (Lipinski definition) is 3. The fourth-order valence-electron chi connectivity index (χ4n) is 5.86. The van der Waals surface area contributed by atoms with Gasteiger partial charge < -0.3 is 30.2 Å². The largest absolute Gasteiger partial charge is 0.495 e. The first-order chi connectivity index (χ1) is 21.9. The second-order valence-electron chi connectivity index (χ2n) is 11.3. The second kappa shape index (κ2) is 11.4. The molecule has 1 aliphatic heterocycles. The number of ether oxygens (including phenoxy) is 2. The molecule has 1 saturated carbocycles. The Kier molecular flexibility index (Phi) is 7.71. The molecule has 2 atom stereocenters. The number of rotatable bonds is 9. The predicted molar refractivity (Wildman–Crippen MR) is 160 cm³/mol. The van der Waals surface area contributed by atoms with Crippen LogP contribution in [0.25, 0.3) is 11.3 Å². The fourth-order valence-corrected chi connectivity index (χ4v) is 5.86. The number of nitrogens with zero attached hydrogens (tertiary/aromatic N) is 4. The van der Waals surface area contributed by atoms with Gasteiger partial charge in [-0.2, -0.15) is 13.2 Å². The normalized spacial score (nSPS) is 19.0.